The molecule has 1 aromatic heterocycles. The monoisotopic (exact) mass is 315 g/mol. The Kier molecular flexibility index (Phi) is 3.98. The summed E-state index contributed by atoms with van der Waals surface area (Å²) in [5.41, 5.74) is 1.64. The Bertz CT molecular complexity index is 877. The summed E-state index contributed by atoms with van der Waals surface area (Å²) in [5.74, 6) is 0.826. The van der Waals surface area contributed by atoms with E-state index in [-0.39, 0.29) is 10.7 Å². The smallest absolute Gasteiger partial charge is 0.272 e. The molecule has 0 radical (unpaired) electrons. The summed E-state index contributed by atoms with van der Waals surface area (Å²) in [6.45, 7) is 0.601. The maximum Gasteiger partial charge on any atom is 0.272 e. The molecule has 2 aromatic carbocycles. The molecule has 5 nitrogen and oxygen atoms in total. The maximum atomic E-state index is 11.7. The topological polar surface area (TPSA) is 67.0 Å². The van der Waals surface area contributed by atoms with Crippen LogP contribution in [0.4, 0.5) is 5.69 Å². The van der Waals surface area contributed by atoms with Crippen LogP contribution in [-0.2, 0) is 6.54 Å². The summed E-state index contributed by atoms with van der Waals surface area (Å²) in [4.78, 5) is 11.7. The van der Waals surface area contributed by atoms with E-state index in [0.29, 0.717) is 17.3 Å². The highest BCUT2D eigenvalue weighted by Crippen LogP contribution is 2.23. The predicted octanol–water partition coefficient (Wildman–Crippen LogP) is 3.20. The number of H-pyrrole nitrogens is 1. The molecule has 0 aliphatic carbocycles. The number of aromatic nitrogens is 2. The van der Waals surface area contributed by atoms with E-state index in [1.165, 1.54) is 0 Å². The third kappa shape index (κ3) is 2.76. The average Bonchev–Trinajstić information content (AvgIpc) is 2.56. The molecule has 0 saturated carbocycles. The number of fused-ring (bicyclic) bond motifs is 1. The number of ether oxygens (including phenoxy) is 1. The zero-order valence-electron chi connectivity index (χ0n) is 11.9. The minimum atomic E-state index is -0.254. The Morgan fingerprint density at radius 1 is 1.23 bits per heavy atom. The van der Waals surface area contributed by atoms with Crippen molar-refractivity contribution in [2.24, 2.45) is 0 Å². The van der Waals surface area contributed by atoms with Gasteiger partial charge in [-0.2, -0.15) is 5.10 Å². The molecule has 0 saturated heterocycles. The van der Waals surface area contributed by atoms with Gasteiger partial charge in [-0.15, -0.1) is 0 Å². The summed E-state index contributed by atoms with van der Waals surface area (Å²) < 4.78 is 5.32. The molecule has 22 heavy (non-hydrogen) atoms. The molecule has 112 valence electrons. The summed E-state index contributed by atoms with van der Waals surface area (Å²) in [7, 11) is 1.65. The highest BCUT2D eigenvalue weighted by Gasteiger charge is 2.06. The summed E-state index contributed by atoms with van der Waals surface area (Å²) in [5, 5.41) is 10.8. The van der Waals surface area contributed by atoms with Gasteiger partial charge in [0.2, 0.25) is 0 Å². The molecular weight excluding hydrogens is 302 g/mol. The molecule has 6 heteroatoms. The molecule has 0 aliphatic rings. The first-order valence-electron chi connectivity index (χ1n) is 6.73. The number of nitrogens with zero attached hydrogens (tertiary/aromatic N) is 1. The molecule has 0 fully saturated rings. The highest BCUT2D eigenvalue weighted by atomic mass is 35.5. The van der Waals surface area contributed by atoms with Gasteiger partial charge >= 0.3 is 0 Å². The number of nitrogens with one attached hydrogen (secondary N) is 2. The number of rotatable bonds is 4. The van der Waals surface area contributed by atoms with Crippen LogP contribution in [0.1, 0.15) is 5.56 Å². The molecule has 2 N–H and O–H groups in total. The molecule has 0 spiro atoms. The Morgan fingerprint density at radius 3 is 2.86 bits per heavy atom. The van der Waals surface area contributed by atoms with Gasteiger partial charge in [0.15, 0.2) is 5.15 Å². The standard InChI is InChI=1S/C16H14ClN3O2/c1-22-14-5-3-2-4-10(14)9-18-11-6-7-12-13(8-11)15(17)19-20-16(12)21/h2-8,18H,9H2,1H3,(H,20,21). The van der Waals surface area contributed by atoms with Crippen LogP contribution in [0.5, 0.6) is 5.75 Å². The van der Waals surface area contributed by atoms with Gasteiger partial charge in [-0.05, 0) is 24.3 Å². The van der Waals surface area contributed by atoms with Gasteiger partial charge in [0.1, 0.15) is 5.75 Å². The van der Waals surface area contributed by atoms with E-state index in [1.54, 1.807) is 13.2 Å². The second-order valence-electron chi connectivity index (χ2n) is 4.77. The quantitative estimate of drug-likeness (QED) is 0.776. The van der Waals surface area contributed by atoms with E-state index in [4.69, 9.17) is 16.3 Å². The van der Waals surface area contributed by atoms with Crippen molar-refractivity contribution in [3.63, 3.8) is 0 Å². The zero-order chi connectivity index (χ0) is 15.5. The second kappa shape index (κ2) is 6.07. The SMILES string of the molecule is COc1ccccc1CNc1ccc2c(=O)[nH]nc(Cl)c2c1. The Hall–Kier alpha value is -2.53. The van der Waals surface area contributed by atoms with Crippen LogP contribution in [0.3, 0.4) is 0 Å². The van der Waals surface area contributed by atoms with Gasteiger partial charge < -0.3 is 10.1 Å². The average molecular weight is 316 g/mol. The lowest BCUT2D eigenvalue weighted by Gasteiger charge is -2.11. The fourth-order valence-electron chi connectivity index (χ4n) is 2.29. The normalized spacial score (nSPS) is 10.6. The molecule has 0 atom stereocenters. The minimum absolute atomic E-state index is 0.254. The third-order valence-corrected chi connectivity index (χ3v) is 3.71. The molecule has 1 heterocycles. The van der Waals surface area contributed by atoms with Crippen LogP contribution in [0.2, 0.25) is 5.15 Å². The summed E-state index contributed by atoms with van der Waals surface area (Å²) in [6, 6.07) is 13.2. The Balaban J connectivity index is 1.89. The fourth-order valence-corrected chi connectivity index (χ4v) is 2.49. The van der Waals surface area contributed by atoms with E-state index in [2.05, 4.69) is 15.5 Å². The molecule has 0 unspecified atom stereocenters. The lowest BCUT2D eigenvalue weighted by Crippen LogP contribution is -2.09. The van der Waals surface area contributed by atoms with Crippen LogP contribution in [-0.4, -0.2) is 17.3 Å². The van der Waals surface area contributed by atoms with Crippen molar-refractivity contribution in [1.29, 1.82) is 0 Å². The van der Waals surface area contributed by atoms with E-state index in [1.807, 2.05) is 36.4 Å². The van der Waals surface area contributed by atoms with Gasteiger partial charge in [0.05, 0.1) is 12.5 Å². The van der Waals surface area contributed by atoms with Crippen LogP contribution in [0, 0.1) is 0 Å². The predicted molar refractivity (Wildman–Crippen MR) is 87.7 cm³/mol. The molecular formula is C16H14ClN3O2. The number of hydrogen-bond donors (Lipinski definition) is 2. The second-order valence-corrected chi connectivity index (χ2v) is 5.13. The van der Waals surface area contributed by atoms with Crippen LogP contribution in [0.25, 0.3) is 10.8 Å². The number of methoxy groups -OCH3 is 1. The van der Waals surface area contributed by atoms with Crippen molar-refractivity contribution in [2.75, 3.05) is 12.4 Å². The number of benzene rings is 2. The zero-order valence-corrected chi connectivity index (χ0v) is 12.6. The van der Waals surface area contributed by atoms with Crippen LogP contribution < -0.4 is 15.6 Å². The number of anilines is 1. The fraction of sp³-hybridized carbons (Fsp3) is 0.125. The van der Waals surface area contributed by atoms with Gasteiger partial charge in [0.25, 0.3) is 5.56 Å². The van der Waals surface area contributed by atoms with Gasteiger partial charge in [-0.1, -0.05) is 29.8 Å². The minimum Gasteiger partial charge on any atom is -0.496 e. The molecule has 3 rings (SSSR count). The van der Waals surface area contributed by atoms with Gasteiger partial charge in [-0.25, -0.2) is 5.10 Å². The number of hydrogen-bond acceptors (Lipinski definition) is 4. The van der Waals surface area contributed by atoms with Crippen molar-refractivity contribution >= 4 is 28.1 Å². The van der Waals surface area contributed by atoms with E-state index in [9.17, 15) is 4.79 Å². The highest BCUT2D eigenvalue weighted by molar-refractivity contribution is 6.34. The van der Waals surface area contributed by atoms with Gasteiger partial charge in [0, 0.05) is 23.2 Å². The van der Waals surface area contributed by atoms with E-state index in [0.717, 1.165) is 17.0 Å². The lowest BCUT2D eigenvalue weighted by molar-refractivity contribution is 0.410. The lowest BCUT2D eigenvalue weighted by atomic mass is 10.1. The van der Waals surface area contributed by atoms with Crippen molar-refractivity contribution in [2.45, 2.75) is 6.54 Å². The maximum absolute atomic E-state index is 11.7. The molecule has 0 aliphatic heterocycles. The Morgan fingerprint density at radius 2 is 2.05 bits per heavy atom. The van der Waals surface area contributed by atoms with E-state index < -0.39 is 0 Å². The van der Waals surface area contributed by atoms with E-state index >= 15 is 0 Å². The summed E-state index contributed by atoms with van der Waals surface area (Å²) in [6.07, 6.45) is 0. The third-order valence-electron chi connectivity index (χ3n) is 3.42. The molecule has 0 amide bonds. The van der Waals surface area contributed by atoms with Crippen molar-refractivity contribution in [3.8, 4) is 5.75 Å². The Labute approximate surface area is 131 Å². The van der Waals surface area contributed by atoms with Crippen molar-refractivity contribution in [3.05, 3.63) is 63.5 Å². The first-order valence-corrected chi connectivity index (χ1v) is 7.10. The van der Waals surface area contributed by atoms with Crippen LogP contribution in [0.15, 0.2) is 47.3 Å². The molecule has 3 aromatic rings. The van der Waals surface area contributed by atoms with Crippen molar-refractivity contribution < 1.29 is 4.74 Å². The number of halogens is 1. The number of aromatic amines is 1. The summed E-state index contributed by atoms with van der Waals surface area (Å²) >= 11 is 6.04. The molecule has 0 bridgehead atoms. The van der Waals surface area contributed by atoms with Crippen molar-refractivity contribution in [1.82, 2.24) is 10.2 Å². The first kappa shape index (κ1) is 14.4. The largest absolute Gasteiger partial charge is 0.496 e. The number of para-hydroxylation sites is 1. The first-order chi connectivity index (χ1) is 10.7. The van der Waals surface area contributed by atoms with Crippen LogP contribution >= 0.6 is 11.6 Å². The van der Waals surface area contributed by atoms with Gasteiger partial charge in [-0.3, -0.25) is 4.79 Å².